The first-order valence-electron chi connectivity index (χ1n) is 6.24. The minimum Gasteiger partial charge on any atom is -0.346 e. The van der Waals surface area contributed by atoms with Gasteiger partial charge in [-0.25, -0.2) is 8.78 Å². The van der Waals surface area contributed by atoms with E-state index in [1.165, 1.54) is 0 Å². The Bertz CT molecular complexity index is 467. The summed E-state index contributed by atoms with van der Waals surface area (Å²) < 4.78 is 28.0. The molecule has 0 aliphatic heterocycles. The fourth-order valence-corrected chi connectivity index (χ4v) is 2.18. The van der Waals surface area contributed by atoms with Crippen LogP contribution in [-0.4, -0.2) is 29.5 Å². The number of nitrogens with one attached hydrogen (secondary N) is 1. The van der Waals surface area contributed by atoms with Crippen LogP contribution < -0.4 is 11.1 Å². The summed E-state index contributed by atoms with van der Waals surface area (Å²) in [6.45, 7) is 6.18. The van der Waals surface area contributed by atoms with Gasteiger partial charge in [0.1, 0.15) is 0 Å². The van der Waals surface area contributed by atoms with Crippen molar-refractivity contribution in [3.63, 3.8) is 0 Å². The highest BCUT2D eigenvalue weighted by Gasteiger charge is 2.28. The number of aromatic nitrogens is 1. The normalized spacial score (nSPS) is 12.0. The van der Waals surface area contributed by atoms with Gasteiger partial charge in [0.05, 0.1) is 18.7 Å². The van der Waals surface area contributed by atoms with Crippen LogP contribution in [0.15, 0.2) is 6.07 Å². The van der Waals surface area contributed by atoms with E-state index in [9.17, 15) is 13.6 Å². The largest absolute Gasteiger partial charge is 0.346 e. The molecule has 0 aliphatic rings. The van der Waals surface area contributed by atoms with Crippen molar-refractivity contribution >= 4 is 5.91 Å². The van der Waals surface area contributed by atoms with Crippen LogP contribution in [0.3, 0.4) is 0 Å². The number of carbonyl (C=O) groups is 1. The van der Waals surface area contributed by atoms with Crippen molar-refractivity contribution in [2.24, 2.45) is 5.73 Å². The summed E-state index contributed by atoms with van der Waals surface area (Å²) in [5.74, 6) is -3.56. The van der Waals surface area contributed by atoms with Crippen LogP contribution in [0.4, 0.5) is 8.78 Å². The highest BCUT2D eigenvalue weighted by atomic mass is 19.3. The van der Waals surface area contributed by atoms with Gasteiger partial charge in [0.2, 0.25) is 0 Å². The zero-order chi connectivity index (χ0) is 14.8. The van der Waals surface area contributed by atoms with Crippen molar-refractivity contribution in [3.8, 4) is 0 Å². The molecule has 0 atom stereocenters. The summed E-state index contributed by atoms with van der Waals surface area (Å²) in [6, 6.07) is 1.93. The van der Waals surface area contributed by atoms with Gasteiger partial charge < -0.3 is 15.6 Å². The molecule has 0 radical (unpaired) electrons. The quantitative estimate of drug-likeness (QED) is 0.862. The maximum Gasteiger partial charge on any atom is 0.277 e. The second kappa shape index (κ2) is 5.69. The lowest BCUT2D eigenvalue weighted by atomic mass is 10.2. The Hall–Kier alpha value is -1.43. The molecule has 1 heterocycles. The van der Waals surface area contributed by atoms with Crippen LogP contribution in [0.5, 0.6) is 0 Å². The Balaban J connectivity index is 2.87. The van der Waals surface area contributed by atoms with Gasteiger partial charge in [-0.15, -0.1) is 0 Å². The van der Waals surface area contributed by atoms with Gasteiger partial charge in [-0.3, -0.25) is 4.79 Å². The molecule has 6 heteroatoms. The molecule has 3 N–H and O–H groups in total. The van der Waals surface area contributed by atoms with Gasteiger partial charge in [-0.05, 0) is 33.8 Å². The average Bonchev–Trinajstić information content (AvgIpc) is 2.62. The number of nitrogens with zero attached hydrogens (tertiary/aromatic N) is 1. The van der Waals surface area contributed by atoms with Gasteiger partial charge in [0.25, 0.3) is 11.8 Å². The van der Waals surface area contributed by atoms with Crippen molar-refractivity contribution in [1.82, 2.24) is 9.88 Å². The fourth-order valence-electron chi connectivity index (χ4n) is 2.18. The molecule has 0 saturated carbocycles. The van der Waals surface area contributed by atoms with Crippen molar-refractivity contribution in [2.75, 3.05) is 13.1 Å². The van der Waals surface area contributed by atoms with E-state index in [1.807, 2.05) is 32.3 Å². The first-order chi connectivity index (χ1) is 8.69. The lowest BCUT2D eigenvalue weighted by molar-refractivity contribution is 0.0118. The standard InChI is InChI=1S/C13H21F2N3O/c1-8(2)18-9(3)5-11(10(18)4)12(19)17-7-13(14,15)6-16/h5,8H,6-7,16H2,1-4H3,(H,17,19). The van der Waals surface area contributed by atoms with Crippen LogP contribution in [0.25, 0.3) is 0 Å². The number of rotatable bonds is 5. The van der Waals surface area contributed by atoms with Gasteiger partial charge in [-0.1, -0.05) is 0 Å². The molecule has 1 rings (SSSR count). The predicted octanol–water partition coefficient (Wildman–Crippen LogP) is 2.01. The van der Waals surface area contributed by atoms with E-state index in [1.54, 1.807) is 6.07 Å². The highest BCUT2D eigenvalue weighted by Crippen LogP contribution is 2.20. The highest BCUT2D eigenvalue weighted by molar-refractivity contribution is 5.95. The Morgan fingerprint density at radius 1 is 1.47 bits per heavy atom. The van der Waals surface area contributed by atoms with Gasteiger partial charge in [0.15, 0.2) is 0 Å². The summed E-state index contributed by atoms with van der Waals surface area (Å²) in [5, 5.41) is 2.23. The third-order valence-electron chi connectivity index (χ3n) is 3.05. The molecule has 108 valence electrons. The van der Waals surface area contributed by atoms with E-state index in [4.69, 9.17) is 5.73 Å². The van der Waals surface area contributed by atoms with E-state index in [-0.39, 0.29) is 6.04 Å². The number of aryl methyl sites for hydroxylation is 1. The van der Waals surface area contributed by atoms with Crippen LogP contribution in [0, 0.1) is 13.8 Å². The Morgan fingerprint density at radius 2 is 2.05 bits per heavy atom. The Labute approximate surface area is 112 Å². The molecule has 0 spiro atoms. The van der Waals surface area contributed by atoms with Crippen molar-refractivity contribution in [1.29, 1.82) is 0 Å². The van der Waals surface area contributed by atoms with Crippen LogP contribution >= 0.6 is 0 Å². The third-order valence-corrected chi connectivity index (χ3v) is 3.05. The molecule has 4 nitrogen and oxygen atoms in total. The minimum atomic E-state index is -3.07. The summed E-state index contributed by atoms with van der Waals surface area (Å²) in [4.78, 5) is 11.9. The van der Waals surface area contributed by atoms with Crippen LogP contribution in [-0.2, 0) is 0 Å². The molecule has 0 saturated heterocycles. The van der Waals surface area contributed by atoms with Crippen LogP contribution in [0.2, 0.25) is 0 Å². The van der Waals surface area contributed by atoms with Crippen LogP contribution in [0.1, 0.15) is 41.6 Å². The van der Waals surface area contributed by atoms with E-state index in [0.29, 0.717) is 5.56 Å². The molecule has 0 bridgehead atoms. The third kappa shape index (κ3) is 3.53. The number of amides is 1. The maximum atomic E-state index is 13.0. The summed E-state index contributed by atoms with van der Waals surface area (Å²) in [7, 11) is 0. The number of nitrogens with two attached hydrogens (primary N) is 1. The fraction of sp³-hybridized carbons (Fsp3) is 0.615. The molecule has 19 heavy (non-hydrogen) atoms. The topological polar surface area (TPSA) is 60.1 Å². The average molecular weight is 273 g/mol. The monoisotopic (exact) mass is 273 g/mol. The molecule has 0 aromatic carbocycles. The van der Waals surface area contributed by atoms with Gasteiger partial charge >= 0.3 is 0 Å². The zero-order valence-corrected chi connectivity index (χ0v) is 11.8. The molecular formula is C13H21F2N3O. The lowest BCUT2D eigenvalue weighted by Gasteiger charge is -2.15. The first kappa shape index (κ1) is 15.6. The first-order valence-corrected chi connectivity index (χ1v) is 6.24. The van der Waals surface area contributed by atoms with Crippen molar-refractivity contribution in [2.45, 2.75) is 39.7 Å². The van der Waals surface area contributed by atoms with E-state index < -0.39 is 24.9 Å². The second-order valence-electron chi connectivity index (χ2n) is 4.99. The minimum absolute atomic E-state index is 0.215. The van der Waals surface area contributed by atoms with Crippen molar-refractivity contribution < 1.29 is 13.6 Å². The Morgan fingerprint density at radius 3 is 2.47 bits per heavy atom. The lowest BCUT2D eigenvalue weighted by Crippen LogP contribution is -2.41. The molecule has 0 aliphatic carbocycles. The number of alkyl halides is 2. The SMILES string of the molecule is Cc1cc(C(=O)NCC(F)(F)CN)c(C)n1C(C)C. The molecule has 1 amide bonds. The molecule has 0 fully saturated rings. The summed E-state index contributed by atoms with van der Waals surface area (Å²) >= 11 is 0. The molecular weight excluding hydrogens is 252 g/mol. The van der Waals surface area contributed by atoms with Gasteiger partial charge in [-0.2, -0.15) is 0 Å². The summed E-state index contributed by atoms with van der Waals surface area (Å²) in [5.41, 5.74) is 7.07. The maximum absolute atomic E-state index is 13.0. The number of hydrogen-bond donors (Lipinski definition) is 2. The zero-order valence-electron chi connectivity index (χ0n) is 11.8. The molecule has 0 unspecified atom stereocenters. The number of carbonyl (C=O) groups excluding carboxylic acids is 1. The van der Waals surface area contributed by atoms with E-state index >= 15 is 0 Å². The summed E-state index contributed by atoms with van der Waals surface area (Å²) in [6.07, 6.45) is 0. The number of halogens is 2. The van der Waals surface area contributed by atoms with E-state index in [0.717, 1.165) is 11.4 Å². The Kier molecular flexibility index (Phi) is 4.68. The van der Waals surface area contributed by atoms with E-state index in [2.05, 4.69) is 5.32 Å². The van der Waals surface area contributed by atoms with Gasteiger partial charge in [0, 0.05) is 17.4 Å². The van der Waals surface area contributed by atoms with Crippen molar-refractivity contribution in [3.05, 3.63) is 23.0 Å². The number of hydrogen-bond acceptors (Lipinski definition) is 2. The molecule has 1 aromatic rings. The predicted molar refractivity (Wildman–Crippen MR) is 70.6 cm³/mol. The smallest absolute Gasteiger partial charge is 0.277 e. The second-order valence-corrected chi connectivity index (χ2v) is 4.99. The molecule has 1 aromatic heterocycles.